The van der Waals surface area contributed by atoms with E-state index in [0.717, 1.165) is 18.2 Å². The van der Waals surface area contributed by atoms with Crippen molar-refractivity contribution < 1.29 is 32.2 Å². The molecule has 1 aliphatic rings. The van der Waals surface area contributed by atoms with Gasteiger partial charge in [0.25, 0.3) is 0 Å². The van der Waals surface area contributed by atoms with E-state index in [4.69, 9.17) is 9.47 Å². The van der Waals surface area contributed by atoms with Gasteiger partial charge in [0.05, 0.1) is 12.2 Å². The van der Waals surface area contributed by atoms with E-state index in [2.05, 4.69) is 0 Å². The molecule has 0 saturated heterocycles. The molecule has 0 bridgehead atoms. The lowest BCUT2D eigenvalue weighted by Gasteiger charge is -2.07. The lowest BCUT2D eigenvalue weighted by atomic mass is 10.1. The summed E-state index contributed by atoms with van der Waals surface area (Å²) in [5, 5.41) is 0. The highest BCUT2D eigenvalue weighted by Crippen LogP contribution is 2.31. The van der Waals surface area contributed by atoms with E-state index in [1.54, 1.807) is 6.92 Å². The Hall–Kier alpha value is -2.57. The summed E-state index contributed by atoms with van der Waals surface area (Å²) in [6.45, 7) is 3.10. The highest BCUT2D eigenvalue weighted by molar-refractivity contribution is 6.26. The summed E-state index contributed by atoms with van der Waals surface area (Å²) in [5.41, 5.74) is -0.946. The molecule has 122 valence electrons. The first-order chi connectivity index (χ1) is 10.7. The van der Waals surface area contributed by atoms with Crippen LogP contribution in [0.15, 0.2) is 41.4 Å². The predicted molar refractivity (Wildman–Crippen MR) is 74.8 cm³/mol. The van der Waals surface area contributed by atoms with E-state index in [0.29, 0.717) is 0 Å². The molecular formula is C16H13F3O4. The molecule has 0 aromatic heterocycles. The van der Waals surface area contributed by atoms with Crippen molar-refractivity contribution in [2.75, 3.05) is 6.61 Å². The molecule has 0 atom stereocenters. The number of allylic oxidation sites excluding steroid dienone is 2. The number of ketones is 1. The predicted octanol–water partition coefficient (Wildman–Crippen LogP) is 3.48. The molecule has 0 spiro atoms. The van der Waals surface area contributed by atoms with Gasteiger partial charge < -0.3 is 9.47 Å². The molecule has 2 rings (SSSR count). The molecule has 7 heteroatoms. The Balaban J connectivity index is 2.30. The van der Waals surface area contributed by atoms with Crippen LogP contribution in [0.1, 0.15) is 25.0 Å². The Morgan fingerprint density at radius 3 is 2.65 bits per heavy atom. The first-order valence-corrected chi connectivity index (χ1v) is 6.73. The summed E-state index contributed by atoms with van der Waals surface area (Å²) in [7, 11) is 0. The summed E-state index contributed by atoms with van der Waals surface area (Å²) >= 11 is 0. The summed E-state index contributed by atoms with van der Waals surface area (Å²) < 4.78 is 48.0. The van der Waals surface area contributed by atoms with Gasteiger partial charge in [0.1, 0.15) is 11.3 Å². The third-order valence-electron chi connectivity index (χ3n) is 3.06. The second-order valence-corrected chi connectivity index (χ2v) is 4.71. The molecule has 0 N–H and O–H groups in total. The highest BCUT2D eigenvalue weighted by Gasteiger charge is 2.34. The van der Waals surface area contributed by atoms with Crippen molar-refractivity contribution in [1.29, 1.82) is 0 Å². The fraction of sp³-hybridized carbons (Fsp3) is 0.250. The van der Waals surface area contributed by atoms with Gasteiger partial charge in [-0.25, -0.2) is 4.79 Å². The number of hydrogen-bond donors (Lipinski definition) is 0. The van der Waals surface area contributed by atoms with Gasteiger partial charge in [-0.15, -0.1) is 0 Å². The first-order valence-electron chi connectivity index (χ1n) is 6.73. The van der Waals surface area contributed by atoms with E-state index in [-0.39, 0.29) is 29.3 Å². The molecule has 23 heavy (non-hydrogen) atoms. The molecule has 1 aromatic rings. The van der Waals surface area contributed by atoms with Gasteiger partial charge in [-0.1, -0.05) is 12.1 Å². The minimum atomic E-state index is -4.49. The van der Waals surface area contributed by atoms with E-state index in [9.17, 15) is 22.8 Å². The van der Waals surface area contributed by atoms with Crippen molar-refractivity contribution in [1.82, 2.24) is 0 Å². The van der Waals surface area contributed by atoms with Gasteiger partial charge >= 0.3 is 12.1 Å². The zero-order valence-corrected chi connectivity index (χ0v) is 12.4. The van der Waals surface area contributed by atoms with Crippen LogP contribution in [0.25, 0.3) is 6.08 Å². The average Bonchev–Trinajstić information content (AvgIpc) is 2.73. The highest BCUT2D eigenvalue weighted by atomic mass is 19.4. The van der Waals surface area contributed by atoms with Crippen LogP contribution >= 0.6 is 0 Å². The maximum Gasteiger partial charge on any atom is 0.416 e. The SMILES string of the molecule is CCOC(=O)C1=C(C)O/C(=C\c2cccc(C(F)(F)F)c2)C1=O. The largest absolute Gasteiger partial charge is 0.462 e. The fourth-order valence-electron chi connectivity index (χ4n) is 2.04. The summed E-state index contributed by atoms with van der Waals surface area (Å²) in [5.74, 6) is -1.68. The average molecular weight is 326 g/mol. The van der Waals surface area contributed by atoms with Crippen LogP contribution in [0.4, 0.5) is 13.2 Å². The number of carbonyl (C=O) groups is 2. The lowest BCUT2D eigenvalue weighted by molar-refractivity contribution is -0.140. The molecule has 0 unspecified atom stereocenters. The first kappa shape index (κ1) is 16.8. The van der Waals surface area contributed by atoms with Crippen LogP contribution in [-0.2, 0) is 25.2 Å². The van der Waals surface area contributed by atoms with Crippen LogP contribution in [0, 0.1) is 0 Å². The Morgan fingerprint density at radius 2 is 2.04 bits per heavy atom. The van der Waals surface area contributed by atoms with Gasteiger partial charge in [0, 0.05) is 0 Å². The summed E-state index contributed by atoms with van der Waals surface area (Å²) in [6.07, 6.45) is -3.33. The number of rotatable bonds is 3. The Bertz CT molecular complexity index is 714. The van der Waals surface area contributed by atoms with E-state index in [1.807, 2.05) is 0 Å². The van der Waals surface area contributed by atoms with Crippen LogP contribution < -0.4 is 0 Å². The standard InChI is InChI=1S/C16H13F3O4/c1-3-22-15(21)13-9(2)23-12(14(13)20)8-10-5-4-6-11(7-10)16(17,18)19/h4-8H,3H2,1-2H3/b12-8-. The number of alkyl halides is 3. The smallest absolute Gasteiger partial charge is 0.416 e. The third-order valence-corrected chi connectivity index (χ3v) is 3.06. The molecular weight excluding hydrogens is 313 g/mol. The fourth-order valence-corrected chi connectivity index (χ4v) is 2.04. The van der Waals surface area contributed by atoms with Crippen molar-refractivity contribution >= 4 is 17.8 Å². The van der Waals surface area contributed by atoms with Crippen molar-refractivity contribution in [2.45, 2.75) is 20.0 Å². The second-order valence-electron chi connectivity index (χ2n) is 4.71. The minimum absolute atomic E-state index is 0.0617. The third kappa shape index (κ3) is 3.61. The number of benzene rings is 1. The maximum absolute atomic E-state index is 12.7. The Labute approximate surface area is 130 Å². The normalized spacial score (nSPS) is 16.7. The second kappa shape index (κ2) is 6.28. The van der Waals surface area contributed by atoms with Crippen LogP contribution in [0.5, 0.6) is 0 Å². The summed E-state index contributed by atoms with van der Waals surface area (Å²) in [6, 6.07) is 4.44. The molecule has 0 fully saturated rings. The topological polar surface area (TPSA) is 52.6 Å². The number of esters is 1. The Morgan fingerprint density at radius 1 is 1.35 bits per heavy atom. The van der Waals surface area contributed by atoms with E-state index >= 15 is 0 Å². The number of ether oxygens (including phenoxy) is 2. The Kier molecular flexibility index (Phi) is 4.58. The maximum atomic E-state index is 12.7. The van der Waals surface area contributed by atoms with Gasteiger partial charge in [-0.2, -0.15) is 13.2 Å². The van der Waals surface area contributed by atoms with Crippen molar-refractivity contribution in [2.24, 2.45) is 0 Å². The minimum Gasteiger partial charge on any atom is -0.462 e. The number of halogens is 3. The quantitative estimate of drug-likeness (QED) is 0.485. The molecule has 1 aromatic carbocycles. The molecule has 0 aliphatic carbocycles. The zero-order valence-electron chi connectivity index (χ0n) is 12.4. The number of carbonyl (C=O) groups excluding carboxylic acids is 2. The van der Waals surface area contributed by atoms with Gasteiger partial charge in [0.15, 0.2) is 5.76 Å². The monoisotopic (exact) mass is 326 g/mol. The molecule has 4 nitrogen and oxygen atoms in total. The molecule has 0 saturated carbocycles. The number of hydrogen-bond acceptors (Lipinski definition) is 4. The zero-order chi connectivity index (χ0) is 17.2. The van der Waals surface area contributed by atoms with Gasteiger partial charge in [-0.3, -0.25) is 4.79 Å². The van der Waals surface area contributed by atoms with Crippen molar-refractivity contribution in [3.8, 4) is 0 Å². The van der Waals surface area contributed by atoms with Crippen molar-refractivity contribution in [3.05, 3.63) is 52.5 Å². The van der Waals surface area contributed by atoms with Crippen LogP contribution in [0.2, 0.25) is 0 Å². The lowest BCUT2D eigenvalue weighted by Crippen LogP contribution is -2.14. The molecule has 1 heterocycles. The van der Waals surface area contributed by atoms with Gasteiger partial charge in [-0.05, 0) is 37.6 Å². The van der Waals surface area contributed by atoms with Crippen LogP contribution in [0.3, 0.4) is 0 Å². The number of Topliss-reactive ketones (excluding diaryl/α,β-unsaturated/α-hetero) is 1. The van der Waals surface area contributed by atoms with Crippen LogP contribution in [-0.4, -0.2) is 18.4 Å². The molecule has 0 radical (unpaired) electrons. The molecule has 0 amide bonds. The van der Waals surface area contributed by atoms with Gasteiger partial charge in [0.2, 0.25) is 5.78 Å². The van der Waals surface area contributed by atoms with E-state index < -0.39 is 23.5 Å². The summed E-state index contributed by atoms with van der Waals surface area (Å²) in [4.78, 5) is 23.8. The van der Waals surface area contributed by atoms with E-state index in [1.165, 1.54) is 19.1 Å². The molecule has 1 aliphatic heterocycles. The van der Waals surface area contributed by atoms with Crippen molar-refractivity contribution in [3.63, 3.8) is 0 Å².